The van der Waals surface area contributed by atoms with Crippen LogP contribution in [0.15, 0.2) is 24.3 Å². The van der Waals surface area contributed by atoms with Crippen LogP contribution in [-0.4, -0.2) is 26.3 Å². The maximum Gasteiger partial charge on any atom is 0.199 e. The van der Waals surface area contributed by atoms with Gasteiger partial charge in [-0.15, -0.1) is 0 Å². The van der Waals surface area contributed by atoms with E-state index in [1.807, 2.05) is 23.9 Å². The lowest BCUT2D eigenvalue weighted by Gasteiger charge is -2.16. The summed E-state index contributed by atoms with van der Waals surface area (Å²) in [5.74, 6) is 1.60. The molecule has 6 heteroatoms. The Hall–Kier alpha value is -1.53. The first-order valence-corrected chi connectivity index (χ1v) is 8.65. The highest BCUT2D eigenvalue weighted by Crippen LogP contribution is 2.44. The van der Waals surface area contributed by atoms with Gasteiger partial charge in [0.25, 0.3) is 0 Å². The van der Waals surface area contributed by atoms with Gasteiger partial charge in [0.05, 0.1) is 6.67 Å². The predicted molar refractivity (Wildman–Crippen MR) is 89.2 cm³/mol. The smallest absolute Gasteiger partial charge is 0.199 e. The maximum atomic E-state index is 13.0. The first kappa shape index (κ1) is 15.0. The van der Waals surface area contributed by atoms with E-state index in [0.717, 1.165) is 16.9 Å². The van der Waals surface area contributed by atoms with Crippen LogP contribution in [0.5, 0.6) is 0 Å². The van der Waals surface area contributed by atoms with E-state index in [4.69, 9.17) is 17.3 Å². The third-order valence-corrected chi connectivity index (χ3v) is 4.90. The molecule has 122 valence electrons. The molecule has 1 heterocycles. The summed E-state index contributed by atoms with van der Waals surface area (Å²) in [6, 6.07) is 7.23. The van der Waals surface area contributed by atoms with Crippen LogP contribution in [0.25, 0.3) is 0 Å². The molecule has 2 fully saturated rings. The number of rotatable bonds is 6. The standard InChI is InChI=1S/C17H21FN4S/c1-20(10-12-2-6-14(18)7-3-12)11-21-17(23)22(15-8-9-15)16(19-21)13-4-5-13/h2-3,6-7,13,15H,4-5,8-11H2,1H3. The van der Waals surface area contributed by atoms with Gasteiger partial charge in [0.2, 0.25) is 0 Å². The quantitative estimate of drug-likeness (QED) is 0.752. The van der Waals surface area contributed by atoms with Crippen LogP contribution in [0, 0.1) is 10.6 Å². The van der Waals surface area contributed by atoms with Crippen LogP contribution in [-0.2, 0) is 13.2 Å². The molecular formula is C17H21FN4S. The van der Waals surface area contributed by atoms with Crippen molar-refractivity contribution in [2.24, 2.45) is 0 Å². The summed E-state index contributed by atoms with van der Waals surface area (Å²) in [5, 5.41) is 4.80. The Labute approximate surface area is 140 Å². The topological polar surface area (TPSA) is 26.0 Å². The molecule has 2 aliphatic rings. The van der Waals surface area contributed by atoms with E-state index in [1.165, 1.54) is 43.6 Å². The van der Waals surface area contributed by atoms with E-state index in [2.05, 4.69) is 9.47 Å². The van der Waals surface area contributed by atoms with Gasteiger partial charge in [-0.3, -0.25) is 4.90 Å². The van der Waals surface area contributed by atoms with Gasteiger partial charge in [0, 0.05) is 18.5 Å². The molecule has 23 heavy (non-hydrogen) atoms. The first-order valence-electron chi connectivity index (χ1n) is 8.24. The fourth-order valence-corrected chi connectivity index (χ4v) is 3.35. The van der Waals surface area contributed by atoms with Gasteiger partial charge < -0.3 is 4.57 Å². The Balaban J connectivity index is 1.50. The van der Waals surface area contributed by atoms with E-state index in [0.29, 0.717) is 18.6 Å². The number of benzene rings is 1. The second-order valence-electron chi connectivity index (χ2n) is 6.80. The SMILES string of the molecule is CN(Cc1ccc(F)cc1)Cn1nc(C2CC2)n(C2CC2)c1=S. The number of nitrogens with zero attached hydrogens (tertiary/aromatic N) is 4. The predicted octanol–water partition coefficient (Wildman–Crippen LogP) is 3.85. The molecule has 0 N–H and O–H groups in total. The van der Waals surface area contributed by atoms with Gasteiger partial charge >= 0.3 is 0 Å². The second-order valence-corrected chi connectivity index (χ2v) is 7.16. The lowest BCUT2D eigenvalue weighted by molar-refractivity contribution is 0.243. The zero-order chi connectivity index (χ0) is 16.0. The van der Waals surface area contributed by atoms with Gasteiger partial charge in [-0.25, -0.2) is 9.07 Å². The fraction of sp³-hybridized carbons (Fsp3) is 0.529. The van der Waals surface area contributed by atoms with Gasteiger partial charge in [-0.2, -0.15) is 5.10 Å². The van der Waals surface area contributed by atoms with E-state index in [9.17, 15) is 4.39 Å². The summed E-state index contributed by atoms with van der Waals surface area (Å²) < 4.78 is 18.1. The van der Waals surface area contributed by atoms with Crippen LogP contribution in [0.3, 0.4) is 0 Å². The van der Waals surface area contributed by atoms with Crippen molar-refractivity contribution in [1.82, 2.24) is 19.2 Å². The Morgan fingerprint density at radius 2 is 1.91 bits per heavy atom. The molecule has 0 unspecified atom stereocenters. The first-order chi connectivity index (χ1) is 11.1. The molecule has 0 bridgehead atoms. The zero-order valence-corrected chi connectivity index (χ0v) is 14.1. The fourth-order valence-electron chi connectivity index (χ4n) is 3.01. The molecule has 0 spiro atoms. The minimum Gasteiger partial charge on any atom is -0.301 e. The van der Waals surface area contributed by atoms with Crippen LogP contribution in [0.1, 0.15) is 49.0 Å². The Bertz CT molecular complexity index is 756. The monoisotopic (exact) mass is 332 g/mol. The van der Waals surface area contributed by atoms with Crippen molar-refractivity contribution in [3.63, 3.8) is 0 Å². The van der Waals surface area contributed by atoms with Crippen molar-refractivity contribution in [1.29, 1.82) is 0 Å². The highest BCUT2D eigenvalue weighted by atomic mass is 32.1. The molecule has 2 aromatic rings. The van der Waals surface area contributed by atoms with Crippen molar-refractivity contribution in [3.05, 3.63) is 46.2 Å². The molecule has 4 rings (SSSR count). The normalized spacial score (nSPS) is 17.9. The molecule has 4 nitrogen and oxygen atoms in total. The van der Waals surface area contributed by atoms with Gasteiger partial charge in [-0.1, -0.05) is 12.1 Å². The molecule has 0 amide bonds. The summed E-state index contributed by atoms with van der Waals surface area (Å²) in [6.07, 6.45) is 4.93. The highest BCUT2D eigenvalue weighted by molar-refractivity contribution is 7.71. The number of halogens is 1. The summed E-state index contributed by atoms with van der Waals surface area (Å²) in [4.78, 5) is 2.16. The van der Waals surface area contributed by atoms with Gasteiger partial charge in [-0.05, 0) is 62.6 Å². The average Bonchev–Trinajstić information content (AvgIpc) is 3.42. The Kier molecular flexibility index (Phi) is 3.81. The van der Waals surface area contributed by atoms with E-state index in [1.54, 1.807) is 0 Å². The van der Waals surface area contributed by atoms with Crippen molar-refractivity contribution in [2.45, 2.75) is 50.9 Å². The average molecular weight is 332 g/mol. The third-order valence-electron chi connectivity index (χ3n) is 4.49. The van der Waals surface area contributed by atoms with Crippen molar-refractivity contribution >= 4 is 12.2 Å². The van der Waals surface area contributed by atoms with E-state index >= 15 is 0 Å². The molecule has 0 aliphatic heterocycles. The summed E-state index contributed by atoms with van der Waals surface area (Å²) in [6.45, 7) is 1.41. The molecular weight excluding hydrogens is 311 g/mol. The van der Waals surface area contributed by atoms with Crippen LogP contribution < -0.4 is 0 Å². The van der Waals surface area contributed by atoms with E-state index < -0.39 is 0 Å². The summed E-state index contributed by atoms with van der Waals surface area (Å²) >= 11 is 5.66. The zero-order valence-electron chi connectivity index (χ0n) is 13.3. The molecule has 1 aromatic carbocycles. The minimum atomic E-state index is -0.198. The molecule has 2 aliphatic carbocycles. The van der Waals surface area contributed by atoms with Crippen molar-refractivity contribution in [2.75, 3.05) is 7.05 Å². The highest BCUT2D eigenvalue weighted by Gasteiger charge is 2.35. The second kappa shape index (κ2) is 5.83. The Morgan fingerprint density at radius 3 is 2.52 bits per heavy atom. The molecule has 1 aromatic heterocycles. The third kappa shape index (κ3) is 3.23. The molecule has 0 saturated heterocycles. The summed E-state index contributed by atoms with van der Waals surface area (Å²) in [7, 11) is 2.04. The summed E-state index contributed by atoms with van der Waals surface area (Å²) in [5.41, 5.74) is 1.09. The molecule has 0 radical (unpaired) electrons. The van der Waals surface area contributed by atoms with Crippen LogP contribution in [0.4, 0.5) is 4.39 Å². The van der Waals surface area contributed by atoms with Crippen molar-refractivity contribution < 1.29 is 4.39 Å². The largest absolute Gasteiger partial charge is 0.301 e. The van der Waals surface area contributed by atoms with Gasteiger partial charge in [0.1, 0.15) is 11.6 Å². The van der Waals surface area contributed by atoms with Crippen molar-refractivity contribution in [3.8, 4) is 0 Å². The number of hydrogen-bond acceptors (Lipinski definition) is 3. The van der Waals surface area contributed by atoms with Crippen LogP contribution >= 0.6 is 12.2 Å². The number of aromatic nitrogens is 3. The maximum absolute atomic E-state index is 13.0. The minimum absolute atomic E-state index is 0.198. The molecule has 0 atom stereocenters. The van der Waals surface area contributed by atoms with E-state index in [-0.39, 0.29) is 5.82 Å². The lowest BCUT2D eigenvalue weighted by Crippen LogP contribution is -2.22. The number of hydrogen-bond donors (Lipinski definition) is 0. The Morgan fingerprint density at radius 1 is 1.22 bits per heavy atom. The van der Waals surface area contributed by atoms with Gasteiger partial charge in [0.15, 0.2) is 4.77 Å². The molecule has 2 saturated carbocycles. The lowest BCUT2D eigenvalue weighted by atomic mass is 10.2. The van der Waals surface area contributed by atoms with Crippen LogP contribution in [0.2, 0.25) is 0 Å².